The number of terminal acetylenes is 1. The first-order chi connectivity index (χ1) is 24.0. The molecule has 1 fully saturated rings. The standard InChI is InChI=1S/C33H36FN6O9P/c1-4-22(5-2)46-32(43)47-25-18-26(40-20-36-27-28(35)37-31(34)38-29(27)40)48-33(25,6-3)19-45-50(44,49-23-15-11-8-12-16-23)39-24(30(41)42)17-21-13-9-7-10-14-21/h3,7-16,20,22,24-26H,4-5,17-19H2,1-2H3,(H,39,44)(H,41,42)(H2,35,37,38)/t24-,25-,26+,33+,50-/m0/s1. The number of benzene rings is 2. The maximum atomic E-state index is 14.5. The van der Waals surface area contributed by atoms with Crippen molar-refractivity contribution in [3.05, 3.63) is 78.6 Å². The number of carbonyl (C=O) groups excluding carboxylic acids is 1. The molecule has 17 heteroatoms. The molecule has 264 valence electrons. The Bertz CT molecular complexity index is 1890. The van der Waals surface area contributed by atoms with E-state index >= 15 is 0 Å². The van der Waals surface area contributed by atoms with Crippen LogP contribution < -0.4 is 15.3 Å². The highest BCUT2D eigenvalue weighted by Gasteiger charge is 2.53. The number of nitrogens with two attached hydrogens (primary N) is 1. The molecule has 0 amide bonds. The van der Waals surface area contributed by atoms with Gasteiger partial charge in [0, 0.05) is 6.42 Å². The Hall–Kier alpha value is -5.07. The molecule has 2 aromatic carbocycles. The number of imidazole rings is 1. The van der Waals surface area contributed by atoms with Gasteiger partial charge in [-0.05, 0) is 37.0 Å². The number of carboxylic acids is 1. The van der Waals surface area contributed by atoms with Crippen LogP contribution in [0.5, 0.6) is 5.75 Å². The first-order valence-corrected chi connectivity index (χ1v) is 17.2. The van der Waals surface area contributed by atoms with E-state index in [1.165, 1.54) is 23.0 Å². The zero-order valence-electron chi connectivity index (χ0n) is 27.2. The first kappa shape index (κ1) is 36.2. The van der Waals surface area contributed by atoms with Gasteiger partial charge in [0.1, 0.15) is 30.7 Å². The molecular weight excluding hydrogens is 674 g/mol. The number of rotatable bonds is 15. The molecule has 1 saturated heterocycles. The van der Waals surface area contributed by atoms with Gasteiger partial charge in [-0.1, -0.05) is 68.3 Å². The Kier molecular flexibility index (Phi) is 11.3. The van der Waals surface area contributed by atoms with Crippen molar-refractivity contribution >= 4 is 36.9 Å². The molecule has 1 aliphatic heterocycles. The minimum absolute atomic E-state index is 0.0305. The zero-order valence-corrected chi connectivity index (χ0v) is 28.1. The maximum absolute atomic E-state index is 14.5. The number of carbonyl (C=O) groups is 2. The van der Waals surface area contributed by atoms with Crippen LogP contribution in [0.2, 0.25) is 0 Å². The number of fused-ring (bicyclic) bond motifs is 1. The molecule has 5 rings (SSSR count). The second-order valence-electron chi connectivity index (χ2n) is 11.3. The van der Waals surface area contributed by atoms with Gasteiger partial charge in [-0.25, -0.2) is 14.3 Å². The van der Waals surface area contributed by atoms with Crippen molar-refractivity contribution in [1.29, 1.82) is 0 Å². The molecule has 4 aromatic rings. The van der Waals surface area contributed by atoms with Gasteiger partial charge in [-0.15, -0.1) is 6.42 Å². The predicted molar refractivity (Wildman–Crippen MR) is 177 cm³/mol. The normalized spacial score (nSPS) is 20.5. The Morgan fingerprint density at radius 2 is 1.86 bits per heavy atom. The third-order valence-electron chi connectivity index (χ3n) is 7.98. The second kappa shape index (κ2) is 15.6. The van der Waals surface area contributed by atoms with Crippen molar-refractivity contribution in [1.82, 2.24) is 24.6 Å². The number of ether oxygens (including phenoxy) is 3. The molecule has 0 saturated carbocycles. The minimum atomic E-state index is -4.61. The molecule has 3 heterocycles. The summed E-state index contributed by atoms with van der Waals surface area (Å²) in [5.41, 5.74) is 4.56. The summed E-state index contributed by atoms with van der Waals surface area (Å²) in [6.07, 6.45) is 3.13. The Morgan fingerprint density at radius 3 is 2.50 bits per heavy atom. The van der Waals surface area contributed by atoms with E-state index in [0.29, 0.717) is 18.4 Å². The van der Waals surface area contributed by atoms with Crippen LogP contribution in [-0.2, 0) is 34.5 Å². The SMILES string of the molecule is C#C[C@]1(CO[P@@](=O)(N[C@@H](Cc2ccccc2)C(=O)O)Oc2ccccc2)O[C@@H](n2cnc3c(N)nc(F)nc32)C[C@@H]1OC(=O)OC(CC)CC. The molecule has 4 N–H and O–H groups in total. The van der Waals surface area contributed by atoms with Crippen LogP contribution in [0.3, 0.4) is 0 Å². The van der Waals surface area contributed by atoms with Crippen LogP contribution in [0, 0.1) is 18.4 Å². The summed E-state index contributed by atoms with van der Waals surface area (Å²) in [7, 11) is -4.61. The van der Waals surface area contributed by atoms with Gasteiger partial charge in [0.05, 0.1) is 6.33 Å². The molecule has 2 aromatic heterocycles. The van der Waals surface area contributed by atoms with Crippen molar-refractivity contribution < 1.29 is 46.9 Å². The van der Waals surface area contributed by atoms with Gasteiger partial charge >= 0.3 is 25.9 Å². The van der Waals surface area contributed by atoms with Crippen LogP contribution in [-0.4, -0.2) is 67.2 Å². The number of carboxylic acid groups (broad SMARTS) is 1. The third-order valence-corrected chi connectivity index (χ3v) is 9.53. The van der Waals surface area contributed by atoms with Gasteiger partial charge in [0.25, 0.3) is 0 Å². The summed E-state index contributed by atoms with van der Waals surface area (Å²) >= 11 is 0. The van der Waals surface area contributed by atoms with E-state index in [1.54, 1.807) is 48.5 Å². The van der Waals surface area contributed by atoms with Crippen LogP contribution in [0.4, 0.5) is 15.0 Å². The number of hydrogen-bond acceptors (Lipinski definition) is 12. The highest BCUT2D eigenvalue weighted by atomic mass is 31.2. The van der Waals surface area contributed by atoms with E-state index in [9.17, 15) is 23.7 Å². The topological polar surface area (TPSA) is 199 Å². The van der Waals surface area contributed by atoms with Crippen LogP contribution in [0.25, 0.3) is 11.2 Å². The predicted octanol–water partition coefficient (Wildman–Crippen LogP) is 5.04. The largest absolute Gasteiger partial charge is 0.508 e. The summed E-state index contributed by atoms with van der Waals surface area (Å²) < 4.78 is 59.1. The average Bonchev–Trinajstić information content (AvgIpc) is 3.68. The molecular formula is C33H36FN6O9P. The van der Waals surface area contributed by atoms with Crippen molar-refractivity contribution in [2.24, 2.45) is 0 Å². The van der Waals surface area contributed by atoms with E-state index in [-0.39, 0.29) is 35.6 Å². The summed E-state index contributed by atoms with van der Waals surface area (Å²) in [5, 5.41) is 12.6. The molecule has 0 aliphatic carbocycles. The van der Waals surface area contributed by atoms with Crippen molar-refractivity contribution in [2.75, 3.05) is 12.3 Å². The second-order valence-corrected chi connectivity index (χ2v) is 13.0. The van der Waals surface area contributed by atoms with Crippen LogP contribution in [0.15, 0.2) is 67.0 Å². The molecule has 0 unspecified atom stereocenters. The molecule has 1 aliphatic rings. The van der Waals surface area contributed by atoms with Gasteiger partial charge in [0.15, 0.2) is 28.7 Å². The van der Waals surface area contributed by atoms with Gasteiger partial charge in [0.2, 0.25) is 0 Å². The summed E-state index contributed by atoms with van der Waals surface area (Å²) in [6, 6.07) is 15.2. The maximum Gasteiger partial charge on any atom is 0.508 e. The number of nitrogens with zero attached hydrogens (tertiary/aromatic N) is 4. The van der Waals surface area contributed by atoms with Crippen molar-refractivity contribution in [2.45, 2.75) is 69.6 Å². The third kappa shape index (κ3) is 8.38. The fraction of sp³-hybridized carbons (Fsp3) is 0.364. The van der Waals surface area contributed by atoms with E-state index in [2.05, 4.69) is 26.0 Å². The van der Waals surface area contributed by atoms with Crippen LogP contribution >= 0.6 is 7.75 Å². The lowest BCUT2D eigenvalue weighted by Crippen LogP contribution is -2.46. The smallest absolute Gasteiger partial charge is 0.480 e. The summed E-state index contributed by atoms with van der Waals surface area (Å²) in [5.74, 6) is 1.01. The Balaban J connectivity index is 1.48. The molecule has 50 heavy (non-hydrogen) atoms. The molecule has 5 atom stereocenters. The first-order valence-electron chi connectivity index (χ1n) is 15.7. The Labute approximate surface area is 286 Å². The number of aromatic nitrogens is 4. The average molecular weight is 711 g/mol. The Morgan fingerprint density at radius 1 is 1.18 bits per heavy atom. The lowest BCUT2D eigenvalue weighted by atomic mass is 9.99. The lowest BCUT2D eigenvalue weighted by molar-refractivity contribution is -0.139. The molecule has 15 nitrogen and oxygen atoms in total. The van der Waals surface area contributed by atoms with E-state index < -0.39 is 62.6 Å². The van der Waals surface area contributed by atoms with E-state index in [0.717, 1.165) is 0 Å². The van der Waals surface area contributed by atoms with Gasteiger partial charge in [-0.3, -0.25) is 13.9 Å². The number of aliphatic carboxylic acids is 1. The summed E-state index contributed by atoms with van der Waals surface area (Å²) in [6.45, 7) is 2.94. The number of anilines is 1. The highest BCUT2D eigenvalue weighted by Crippen LogP contribution is 2.48. The number of halogens is 1. The number of hydrogen-bond donors (Lipinski definition) is 3. The minimum Gasteiger partial charge on any atom is -0.480 e. The summed E-state index contributed by atoms with van der Waals surface area (Å²) in [4.78, 5) is 36.8. The quantitative estimate of drug-likeness (QED) is 0.0642. The number of nitrogens with one attached hydrogen (secondary N) is 1. The molecule has 0 spiro atoms. The monoisotopic (exact) mass is 710 g/mol. The fourth-order valence-electron chi connectivity index (χ4n) is 5.33. The fourth-order valence-corrected chi connectivity index (χ4v) is 6.85. The van der Waals surface area contributed by atoms with Crippen LogP contribution in [0.1, 0.15) is 44.9 Å². The van der Waals surface area contributed by atoms with Crippen molar-refractivity contribution in [3.8, 4) is 18.1 Å². The van der Waals surface area contributed by atoms with Crippen molar-refractivity contribution in [3.63, 3.8) is 0 Å². The van der Waals surface area contributed by atoms with E-state index in [4.69, 9.17) is 35.4 Å². The number of nitrogen functional groups attached to an aromatic ring is 1. The highest BCUT2D eigenvalue weighted by molar-refractivity contribution is 7.52. The zero-order chi connectivity index (χ0) is 35.9. The lowest BCUT2D eigenvalue weighted by Gasteiger charge is -2.31. The molecule has 0 bridgehead atoms. The van der Waals surface area contributed by atoms with E-state index in [1.807, 2.05) is 13.8 Å². The number of para-hydroxylation sites is 1. The van der Waals surface area contributed by atoms with Gasteiger partial charge in [-0.2, -0.15) is 19.4 Å². The van der Waals surface area contributed by atoms with Gasteiger partial charge < -0.3 is 29.6 Å². The molecule has 0 radical (unpaired) electrons.